The Hall–Kier alpha value is -4.84. The molecule has 0 aliphatic carbocycles. The van der Waals surface area contributed by atoms with Gasteiger partial charge in [-0.1, -0.05) is 30.3 Å². The summed E-state index contributed by atoms with van der Waals surface area (Å²) in [5.41, 5.74) is 7.12. The highest BCUT2D eigenvalue weighted by Gasteiger charge is 2.31. The molecular formula is C24H17N3O6. The monoisotopic (exact) mass is 443 g/mol. The van der Waals surface area contributed by atoms with Gasteiger partial charge in [-0.05, 0) is 29.8 Å². The molecular weight excluding hydrogens is 426 g/mol. The summed E-state index contributed by atoms with van der Waals surface area (Å²) >= 11 is 0. The number of rotatable bonds is 5. The van der Waals surface area contributed by atoms with Crippen LogP contribution in [-0.2, 0) is 0 Å². The maximum atomic E-state index is 12.6. The zero-order chi connectivity index (χ0) is 23.5. The number of para-hydroxylation sites is 1. The number of benzene rings is 3. The zero-order valence-corrected chi connectivity index (χ0v) is 17.3. The molecule has 1 atom stereocenters. The SMILES string of the molecule is COc1cccc(C2C(C#N)=C(N)Oc3cc(OC(=O)c4ccccc4[N+](=O)[O-])ccc32)c1. The third kappa shape index (κ3) is 4.05. The fourth-order valence-corrected chi connectivity index (χ4v) is 3.63. The standard InChI is InChI=1S/C24H17N3O6/c1-31-15-6-4-5-14(11-15)22-18-10-9-16(12-21(18)33-23(26)19(22)13-25)32-24(28)17-7-2-3-8-20(17)27(29)30/h2-12,22H,26H2,1H3. The number of fused-ring (bicyclic) bond motifs is 1. The first-order valence-electron chi connectivity index (χ1n) is 9.74. The van der Waals surface area contributed by atoms with Gasteiger partial charge in [-0.2, -0.15) is 5.26 Å². The van der Waals surface area contributed by atoms with Crippen LogP contribution >= 0.6 is 0 Å². The van der Waals surface area contributed by atoms with E-state index in [-0.39, 0.29) is 28.5 Å². The molecule has 1 unspecified atom stereocenters. The van der Waals surface area contributed by atoms with Crippen LogP contribution in [0.1, 0.15) is 27.4 Å². The van der Waals surface area contributed by atoms with Crippen LogP contribution in [-0.4, -0.2) is 18.0 Å². The summed E-state index contributed by atoms with van der Waals surface area (Å²) < 4.78 is 16.3. The molecule has 0 amide bonds. The van der Waals surface area contributed by atoms with Crippen LogP contribution in [0.3, 0.4) is 0 Å². The maximum Gasteiger partial charge on any atom is 0.350 e. The van der Waals surface area contributed by atoms with E-state index in [1.54, 1.807) is 31.4 Å². The minimum Gasteiger partial charge on any atom is -0.497 e. The minimum atomic E-state index is -0.886. The van der Waals surface area contributed by atoms with Crippen LogP contribution in [0.25, 0.3) is 0 Å². The largest absolute Gasteiger partial charge is 0.497 e. The molecule has 9 heteroatoms. The number of methoxy groups -OCH3 is 1. The van der Waals surface area contributed by atoms with E-state index in [4.69, 9.17) is 19.9 Å². The molecule has 0 aromatic heterocycles. The topological polar surface area (TPSA) is 138 Å². The van der Waals surface area contributed by atoms with Gasteiger partial charge in [0, 0.05) is 17.7 Å². The maximum absolute atomic E-state index is 12.6. The second-order valence-corrected chi connectivity index (χ2v) is 7.06. The Bertz CT molecular complexity index is 1340. The predicted octanol–water partition coefficient (Wildman–Crippen LogP) is 4.04. The van der Waals surface area contributed by atoms with Gasteiger partial charge < -0.3 is 19.9 Å². The van der Waals surface area contributed by atoms with Gasteiger partial charge in [0.25, 0.3) is 5.69 Å². The summed E-state index contributed by atoms with van der Waals surface area (Å²) in [6, 6.07) is 19.5. The summed E-state index contributed by atoms with van der Waals surface area (Å²) in [5.74, 6) is -0.453. The lowest BCUT2D eigenvalue weighted by Gasteiger charge is -2.27. The average molecular weight is 443 g/mol. The molecule has 1 heterocycles. The Morgan fingerprint density at radius 1 is 1.12 bits per heavy atom. The normalized spacial score (nSPS) is 14.5. The molecule has 1 aliphatic heterocycles. The molecule has 3 aromatic rings. The van der Waals surface area contributed by atoms with Gasteiger partial charge in [-0.3, -0.25) is 10.1 Å². The van der Waals surface area contributed by atoms with Crippen molar-refractivity contribution in [2.45, 2.75) is 5.92 Å². The van der Waals surface area contributed by atoms with Crippen molar-refractivity contribution >= 4 is 11.7 Å². The van der Waals surface area contributed by atoms with E-state index in [9.17, 15) is 20.2 Å². The minimum absolute atomic E-state index is 0.0695. The molecule has 33 heavy (non-hydrogen) atoms. The van der Waals surface area contributed by atoms with Gasteiger partial charge in [0.15, 0.2) is 0 Å². The summed E-state index contributed by atoms with van der Waals surface area (Å²) in [4.78, 5) is 23.1. The number of esters is 1. The number of nitro benzene ring substituents is 1. The lowest BCUT2D eigenvalue weighted by molar-refractivity contribution is -0.385. The number of nitrogens with two attached hydrogens (primary N) is 1. The van der Waals surface area contributed by atoms with Crippen molar-refractivity contribution in [3.8, 4) is 23.3 Å². The Kier molecular flexibility index (Phi) is 5.66. The highest BCUT2D eigenvalue weighted by Crippen LogP contribution is 2.44. The molecule has 0 fully saturated rings. The number of carbonyl (C=O) groups is 1. The smallest absolute Gasteiger partial charge is 0.350 e. The van der Waals surface area contributed by atoms with Crippen molar-refractivity contribution < 1.29 is 23.9 Å². The molecule has 2 N–H and O–H groups in total. The van der Waals surface area contributed by atoms with Crippen molar-refractivity contribution in [2.75, 3.05) is 7.11 Å². The van der Waals surface area contributed by atoms with Gasteiger partial charge in [0.1, 0.15) is 34.5 Å². The van der Waals surface area contributed by atoms with Gasteiger partial charge >= 0.3 is 5.97 Å². The molecule has 3 aromatic carbocycles. The van der Waals surface area contributed by atoms with Gasteiger partial charge in [0.05, 0.1) is 18.0 Å². The summed E-state index contributed by atoms with van der Waals surface area (Å²) in [7, 11) is 1.55. The Labute approximate surface area is 188 Å². The summed E-state index contributed by atoms with van der Waals surface area (Å²) in [6.07, 6.45) is 0. The number of nitrogens with zero attached hydrogens (tertiary/aromatic N) is 2. The molecule has 0 bridgehead atoms. The van der Waals surface area contributed by atoms with Crippen LogP contribution in [0.2, 0.25) is 0 Å². The van der Waals surface area contributed by atoms with E-state index in [1.165, 1.54) is 36.4 Å². The van der Waals surface area contributed by atoms with Gasteiger partial charge in [0.2, 0.25) is 5.88 Å². The number of hydrogen-bond acceptors (Lipinski definition) is 8. The van der Waals surface area contributed by atoms with Gasteiger partial charge in [-0.15, -0.1) is 0 Å². The lowest BCUT2D eigenvalue weighted by atomic mass is 9.83. The molecule has 0 saturated heterocycles. The predicted molar refractivity (Wildman–Crippen MR) is 117 cm³/mol. The average Bonchev–Trinajstić information content (AvgIpc) is 2.83. The summed E-state index contributed by atoms with van der Waals surface area (Å²) in [6.45, 7) is 0. The van der Waals surface area contributed by atoms with Crippen LogP contribution < -0.4 is 19.9 Å². The highest BCUT2D eigenvalue weighted by molar-refractivity contribution is 5.95. The van der Waals surface area contributed by atoms with E-state index in [0.717, 1.165) is 5.56 Å². The third-order valence-electron chi connectivity index (χ3n) is 5.15. The van der Waals surface area contributed by atoms with Crippen molar-refractivity contribution in [3.63, 3.8) is 0 Å². The first-order chi connectivity index (χ1) is 15.9. The van der Waals surface area contributed by atoms with Crippen molar-refractivity contribution in [2.24, 2.45) is 5.73 Å². The van der Waals surface area contributed by atoms with Crippen molar-refractivity contribution in [1.29, 1.82) is 5.26 Å². The molecule has 0 spiro atoms. The summed E-state index contributed by atoms with van der Waals surface area (Å²) in [5, 5.41) is 20.9. The second kappa shape index (κ2) is 8.72. The van der Waals surface area contributed by atoms with Crippen LogP contribution in [0.5, 0.6) is 17.2 Å². The molecule has 4 rings (SSSR count). The Morgan fingerprint density at radius 3 is 2.64 bits per heavy atom. The molecule has 1 aliphatic rings. The lowest BCUT2D eigenvalue weighted by Crippen LogP contribution is -2.21. The number of nitro groups is 1. The fourth-order valence-electron chi connectivity index (χ4n) is 3.63. The molecule has 9 nitrogen and oxygen atoms in total. The molecule has 0 radical (unpaired) electrons. The number of nitriles is 1. The molecule has 164 valence electrons. The highest BCUT2D eigenvalue weighted by atomic mass is 16.6. The Morgan fingerprint density at radius 2 is 1.91 bits per heavy atom. The number of allylic oxidation sites excluding steroid dienone is 1. The first kappa shape index (κ1) is 21.4. The van der Waals surface area contributed by atoms with E-state index in [1.807, 2.05) is 6.07 Å². The Balaban J connectivity index is 1.71. The zero-order valence-electron chi connectivity index (χ0n) is 17.3. The van der Waals surface area contributed by atoms with E-state index >= 15 is 0 Å². The van der Waals surface area contributed by atoms with Crippen LogP contribution in [0.4, 0.5) is 5.69 Å². The van der Waals surface area contributed by atoms with Crippen LogP contribution in [0, 0.1) is 21.4 Å². The second-order valence-electron chi connectivity index (χ2n) is 7.06. The van der Waals surface area contributed by atoms with Crippen LogP contribution in [0.15, 0.2) is 78.2 Å². The third-order valence-corrected chi connectivity index (χ3v) is 5.15. The van der Waals surface area contributed by atoms with Crippen molar-refractivity contribution in [3.05, 3.63) is 105 Å². The van der Waals surface area contributed by atoms with E-state index in [0.29, 0.717) is 17.1 Å². The quantitative estimate of drug-likeness (QED) is 0.270. The number of ether oxygens (including phenoxy) is 3. The van der Waals surface area contributed by atoms with Crippen molar-refractivity contribution in [1.82, 2.24) is 0 Å². The number of hydrogen-bond donors (Lipinski definition) is 1. The van der Waals surface area contributed by atoms with E-state index in [2.05, 4.69) is 6.07 Å². The van der Waals surface area contributed by atoms with Gasteiger partial charge in [-0.25, -0.2) is 4.79 Å². The first-order valence-corrected chi connectivity index (χ1v) is 9.74. The van der Waals surface area contributed by atoms with E-state index < -0.39 is 16.8 Å². The fraction of sp³-hybridized carbons (Fsp3) is 0.0833. The number of carbonyl (C=O) groups excluding carboxylic acids is 1. The molecule has 0 saturated carbocycles.